The number of ether oxygens (including phenoxy) is 2. The van der Waals surface area contributed by atoms with Crippen LogP contribution in [-0.4, -0.2) is 113 Å². The van der Waals surface area contributed by atoms with Crippen molar-refractivity contribution in [2.45, 2.75) is 147 Å². The fourth-order valence-corrected chi connectivity index (χ4v) is 13.1. The first-order valence-electron chi connectivity index (χ1n) is 22.8. The van der Waals surface area contributed by atoms with Gasteiger partial charge in [-0.2, -0.15) is 4.72 Å². The Morgan fingerprint density at radius 3 is 2.30 bits per heavy atom. The van der Waals surface area contributed by atoms with E-state index < -0.39 is 104 Å². The van der Waals surface area contributed by atoms with Crippen LogP contribution in [0.1, 0.15) is 100 Å². The Bertz CT molecular complexity index is 2300. The molecule has 13 atom stereocenters. The number of nitrogens with one attached hydrogen (secondary N) is 3. The van der Waals surface area contributed by atoms with Gasteiger partial charge in [0.15, 0.2) is 11.4 Å². The van der Waals surface area contributed by atoms with E-state index in [9.17, 15) is 52.2 Å². The molecule has 1 unspecified atom stereocenters. The summed E-state index contributed by atoms with van der Waals surface area (Å²) >= 11 is 5.86. The molecule has 17 nitrogen and oxygen atoms in total. The van der Waals surface area contributed by atoms with Gasteiger partial charge < -0.3 is 35.2 Å². The molecule has 362 valence electrons. The molecule has 1 heterocycles. The number of likely N-dealkylation sites (tertiary alicyclic amines) is 1. The number of amides is 3. The van der Waals surface area contributed by atoms with E-state index in [0.29, 0.717) is 24.3 Å². The molecule has 0 aromatic heterocycles. The van der Waals surface area contributed by atoms with Crippen molar-refractivity contribution < 1.29 is 61.7 Å². The van der Waals surface area contributed by atoms with Crippen LogP contribution >= 0.6 is 11.6 Å². The first-order valence-corrected chi connectivity index (χ1v) is 24.6. The lowest BCUT2D eigenvalue weighted by Crippen LogP contribution is -2.64. The zero-order chi connectivity index (χ0) is 48.8. The molecule has 4 aliphatic carbocycles. The van der Waals surface area contributed by atoms with Gasteiger partial charge in [0.25, 0.3) is 6.29 Å². The predicted molar refractivity (Wildman–Crippen MR) is 239 cm³/mol. The summed E-state index contributed by atoms with van der Waals surface area (Å²) in [7, 11) is -4.12. The summed E-state index contributed by atoms with van der Waals surface area (Å²) in [5.41, 5.74) is -2.86. The van der Waals surface area contributed by atoms with E-state index >= 15 is 0 Å². The Morgan fingerprint density at radius 2 is 1.67 bits per heavy atom. The second kappa shape index (κ2) is 19.2. The molecular weight excluding hydrogens is 896 g/mol. The lowest BCUT2D eigenvalue weighted by Gasteiger charge is -2.61. The number of esters is 2. The average Bonchev–Trinajstić information content (AvgIpc) is 3.85. The summed E-state index contributed by atoms with van der Waals surface area (Å²) in [5.74, 6) is -6.59. The summed E-state index contributed by atoms with van der Waals surface area (Å²) in [5, 5.41) is 29.0. The van der Waals surface area contributed by atoms with Crippen molar-refractivity contribution in [2.75, 3.05) is 6.54 Å². The van der Waals surface area contributed by atoms with Crippen molar-refractivity contribution >= 4 is 62.9 Å². The van der Waals surface area contributed by atoms with Gasteiger partial charge in [-0.3, -0.25) is 28.8 Å². The highest BCUT2D eigenvalue weighted by atomic mass is 35.5. The minimum absolute atomic E-state index is 0.00188. The van der Waals surface area contributed by atoms with Gasteiger partial charge >= 0.3 is 11.9 Å². The molecule has 4 fully saturated rings. The van der Waals surface area contributed by atoms with E-state index in [4.69, 9.17) is 21.1 Å². The van der Waals surface area contributed by atoms with Gasteiger partial charge in [-0.15, -0.1) is 0 Å². The number of hydrogen-bond acceptors (Lipinski definition) is 13. The van der Waals surface area contributed by atoms with Gasteiger partial charge in [0.05, 0.1) is 17.0 Å². The van der Waals surface area contributed by atoms with E-state index in [1.165, 1.54) is 49.1 Å². The highest BCUT2D eigenvalue weighted by Gasteiger charge is 2.72. The van der Waals surface area contributed by atoms with Crippen molar-refractivity contribution in [2.24, 2.45) is 40.4 Å². The van der Waals surface area contributed by atoms with Crippen LogP contribution in [0.25, 0.3) is 0 Å². The maximum atomic E-state index is 14.7. The number of nitrogens with zero attached hydrogens (tertiary/aromatic N) is 1. The third-order valence-corrected chi connectivity index (χ3v) is 16.8. The summed E-state index contributed by atoms with van der Waals surface area (Å²) < 4.78 is 39.4. The van der Waals surface area contributed by atoms with Crippen LogP contribution in [0.4, 0.5) is 0 Å². The van der Waals surface area contributed by atoms with Gasteiger partial charge in [-0.1, -0.05) is 64.8 Å². The van der Waals surface area contributed by atoms with E-state index in [1.807, 2.05) is 19.9 Å². The lowest BCUT2D eigenvalue weighted by molar-refractivity contribution is -0.215. The van der Waals surface area contributed by atoms with Crippen LogP contribution in [0.3, 0.4) is 0 Å². The van der Waals surface area contributed by atoms with Crippen LogP contribution in [0.2, 0.25) is 5.02 Å². The quantitative estimate of drug-likeness (QED) is 0.125. The molecule has 3 saturated carbocycles. The van der Waals surface area contributed by atoms with E-state index in [2.05, 4.69) is 15.4 Å². The molecule has 1 aliphatic heterocycles. The van der Waals surface area contributed by atoms with Gasteiger partial charge in [0.1, 0.15) is 18.1 Å². The van der Waals surface area contributed by atoms with Crippen molar-refractivity contribution in [3.63, 3.8) is 0 Å². The summed E-state index contributed by atoms with van der Waals surface area (Å²) in [6.07, 6.45) is 3.18. The third-order valence-electron chi connectivity index (χ3n) is 15.0. The Balaban J connectivity index is 1.13. The van der Waals surface area contributed by atoms with Gasteiger partial charge in [0, 0.05) is 34.7 Å². The predicted octanol–water partition coefficient (Wildman–Crippen LogP) is 3.29. The first-order chi connectivity index (χ1) is 30.8. The maximum Gasteiger partial charge on any atom is 0.331 e. The minimum atomic E-state index is -4.12. The number of sulfonamides is 1. The van der Waals surface area contributed by atoms with Crippen LogP contribution in [0, 0.1) is 40.4 Å². The number of aliphatic hydroxyl groups excluding tert-OH is 2. The average molecular weight is 960 g/mol. The van der Waals surface area contributed by atoms with E-state index in [0.717, 1.165) is 5.57 Å². The normalized spacial score (nSPS) is 32.2. The van der Waals surface area contributed by atoms with E-state index in [1.54, 1.807) is 33.8 Å². The SMILES string of the molecule is CCC(=O)O[C@]1(C(=O)C(O)OC(=O)[C@@H](NC(=O)[C@@H]2CCCN2C(=O)[C@H](C)NC(=O)[C@H](C)NS(=O)(=O)c2ccc(Cl)cc2)C(C)C)CC[C@H]2[C@@H]3C[C@H](C)C4=CC(=O)C=C[C@]4(C)[C@H]3[C@@H](O)C[C@@]21C. The molecule has 6 rings (SSSR count). The van der Waals surface area contributed by atoms with Crippen molar-refractivity contribution in [3.8, 4) is 0 Å². The molecule has 0 radical (unpaired) electrons. The zero-order valence-electron chi connectivity index (χ0n) is 38.7. The lowest BCUT2D eigenvalue weighted by atomic mass is 9.44. The van der Waals surface area contributed by atoms with Crippen LogP contribution in [0.5, 0.6) is 0 Å². The Hall–Kier alpha value is -4.49. The van der Waals surface area contributed by atoms with Gasteiger partial charge in [-0.05, 0) is 112 Å². The number of Topliss-reactive ketones (excluding diaryl/α,β-unsaturated/α-hetero) is 1. The van der Waals surface area contributed by atoms with Crippen LogP contribution in [-0.2, 0) is 53.1 Å². The van der Waals surface area contributed by atoms with Gasteiger partial charge in [0.2, 0.25) is 33.5 Å². The monoisotopic (exact) mass is 958 g/mol. The number of rotatable bonds is 15. The Morgan fingerprint density at radius 1 is 1.00 bits per heavy atom. The van der Waals surface area contributed by atoms with E-state index in [-0.39, 0.29) is 66.6 Å². The molecule has 66 heavy (non-hydrogen) atoms. The number of aliphatic hydroxyl groups is 2. The number of carbonyl (C=O) groups is 7. The zero-order valence-corrected chi connectivity index (χ0v) is 40.2. The number of ketones is 2. The number of allylic oxidation sites excluding steroid dienone is 4. The molecule has 1 saturated heterocycles. The summed E-state index contributed by atoms with van der Waals surface area (Å²) in [6, 6.07) is 0.370. The largest absolute Gasteiger partial charge is 0.450 e. The molecular formula is C47H63ClN4O13S. The molecule has 0 spiro atoms. The molecule has 19 heteroatoms. The Labute approximate surface area is 390 Å². The second-order valence-electron chi connectivity index (χ2n) is 19.5. The molecule has 1 aromatic carbocycles. The van der Waals surface area contributed by atoms with Crippen molar-refractivity contribution in [3.05, 3.63) is 53.1 Å². The van der Waals surface area contributed by atoms with Crippen molar-refractivity contribution in [1.29, 1.82) is 0 Å². The Kier molecular flexibility index (Phi) is 14.8. The molecule has 5 N–H and O–H groups in total. The minimum Gasteiger partial charge on any atom is -0.450 e. The fraction of sp³-hybridized carbons (Fsp3) is 0.638. The van der Waals surface area contributed by atoms with Gasteiger partial charge in [-0.25, -0.2) is 13.2 Å². The van der Waals surface area contributed by atoms with Crippen LogP contribution < -0.4 is 15.4 Å². The number of hydrogen-bond donors (Lipinski definition) is 5. The highest BCUT2D eigenvalue weighted by molar-refractivity contribution is 7.89. The highest BCUT2D eigenvalue weighted by Crippen LogP contribution is 2.68. The fourth-order valence-electron chi connectivity index (χ4n) is 11.7. The summed E-state index contributed by atoms with van der Waals surface area (Å²) in [6.45, 7) is 13.5. The third kappa shape index (κ3) is 9.36. The number of fused-ring (bicyclic) bond motifs is 5. The molecule has 1 aromatic rings. The second-order valence-corrected chi connectivity index (χ2v) is 21.7. The smallest absolute Gasteiger partial charge is 0.331 e. The maximum absolute atomic E-state index is 14.7. The first kappa shape index (κ1) is 50.9. The standard InChI is InChI=1S/C47H63ClN4O13S/c1-9-36(55)65-47(19-17-32-31-21-25(4)33-22-29(53)16-18-45(33,7)37(31)35(54)23-46(32,47)8)39(56)44(61)64-43(60)38(24(2)3)50-41(58)34-11-10-20-52(34)42(59)27(6)49-40(57)26(5)51-66(62,63)30-14-12-28(48)13-15-30/h12-16,18,22,24-27,31-32,34-35,37-38,44,51,54,61H,9-11,17,19-21,23H2,1-8H3,(H,49,57)(H,50,58)/t25-,26-,27-,31-,32-,34-,35-,37+,38-,44?,45-,46-,47-/m0/s1. The number of halogens is 1. The van der Waals surface area contributed by atoms with Crippen LogP contribution in [0.15, 0.2) is 53.0 Å². The molecule has 0 bridgehead atoms. The molecule has 5 aliphatic rings. The molecule has 3 amide bonds. The number of carbonyl (C=O) groups excluding carboxylic acids is 7. The number of benzene rings is 1. The van der Waals surface area contributed by atoms with Crippen molar-refractivity contribution in [1.82, 2.24) is 20.3 Å². The summed E-state index contributed by atoms with van der Waals surface area (Å²) in [4.78, 5) is 95.9. The topological polar surface area (TPSA) is 252 Å².